The lowest BCUT2D eigenvalue weighted by Gasteiger charge is -2.26. The fraction of sp³-hybridized carbons (Fsp3) is 0.562. The highest BCUT2D eigenvalue weighted by atomic mass is 16.2. The minimum atomic E-state index is 0.150. The van der Waals surface area contributed by atoms with E-state index in [4.69, 9.17) is 0 Å². The summed E-state index contributed by atoms with van der Waals surface area (Å²) < 4.78 is 0. The van der Waals surface area contributed by atoms with Gasteiger partial charge in [-0.25, -0.2) is 0 Å². The predicted molar refractivity (Wildman–Crippen MR) is 76.8 cm³/mol. The summed E-state index contributed by atoms with van der Waals surface area (Å²) in [7, 11) is 0. The van der Waals surface area contributed by atoms with Gasteiger partial charge in [0.2, 0.25) is 0 Å². The van der Waals surface area contributed by atoms with Crippen molar-refractivity contribution in [3.05, 3.63) is 35.4 Å². The van der Waals surface area contributed by atoms with E-state index in [2.05, 4.69) is 27.7 Å². The molecule has 0 unspecified atom stereocenters. The quantitative estimate of drug-likeness (QED) is 0.776. The first-order chi connectivity index (χ1) is 8.40. The van der Waals surface area contributed by atoms with Gasteiger partial charge in [-0.3, -0.25) is 4.79 Å². The fourth-order valence-electron chi connectivity index (χ4n) is 2.00. The van der Waals surface area contributed by atoms with Crippen LogP contribution < -0.4 is 0 Å². The Morgan fingerprint density at radius 2 is 1.44 bits per heavy atom. The lowest BCUT2D eigenvalue weighted by atomic mass is 10.1. The van der Waals surface area contributed by atoms with E-state index < -0.39 is 0 Å². The zero-order chi connectivity index (χ0) is 13.7. The van der Waals surface area contributed by atoms with Gasteiger partial charge >= 0.3 is 0 Å². The lowest BCUT2D eigenvalue weighted by molar-refractivity contribution is 0.0715. The van der Waals surface area contributed by atoms with Gasteiger partial charge < -0.3 is 4.90 Å². The Labute approximate surface area is 111 Å². The zero-order valence-electron chi connectivity index (χ0n) is 12.2. The molecule has 18 heavy (non-hydrogen) atoms. The topological polar surface area (TPSA) is 20.3 Å². The maximum atomic E-state index is 12.5. The van der Waals surface area contributed by atoms with Crippen molar-refractivity contribution in [2.45, 2.75) is 34.6 Å². The van der Waals surface area contributed by atoms with Crippen LogP contribution in [0.25, 0.3) is 0 Å². The van der Waals surface area contributed by atoms with E-state index in [1.807, 2.05) is 36.1 Å². The van der Waals surface area contributed by atoms with Crippen molar-refractivity contribution in [2.24, 2.45) is 11.8 Å². The van der Waals surface area contributed by atoms with E-state index in [9.17, 15) is 4.79 Å². The maximum absolute atomic E-state index is 12.5. The van der Waals surface area contributed by atoms with E-state index >= 15 is 0 Å². The van der Waals surface area contributed by atoms with Gasteiger partial charge in [-0.1, -0.05) is 45.4 Å². The molecule has 1 aromatic rings. The number of hydrogen-bond acceptors (Lipinski definition) is 1. The van der Waals surface area contributed by atoms with E-state index in [0.29, 0.717) is 11.8 Å². The summed E-state index contributed by atoms with van der Waals surface area (Å²) in [4.78, 5) is 14.4. The molecule has 1 amide bonds. The Hall–Kier alpha value is -1.31. The second-order valence-corrected chi connectivity index (χ2v) is 5.86. The van der Waals surface area contributed by atoms with Crippen LogP contribution in [0, 0.1) is 18.8 Å². The van der Waals surface area contributed by atoms with Crippen LogP contribution in [0.2, 0.25) is 0 Å². The largest absolute Gasteiger partial charge is 0.338 e. The highest BCUT2D eigenvalue weighted by Crippen LogP contribution is 2.11. The Morgan fingerprint density at radius 3 is 1.83 bits per heavy atom. The zero-order valence-corrected chi connectivity index (χ0v) is 12.2. The minimum Gasteiger partial charge on any atom is -0.338 e. The number of carbonyl (C=O) groups is 1. The Morgan fingerprint density at radius 1 is 1.00 bits per heavy atom. The van der Waals surface area contributed by atoms with Crippen LogP contribution in [0.15, 0.2) is 24.3 Å². The molecular formula is C16H25NO. The van der Waals surface area contributed by atoms with Crippen LogP contribution in [0.3, 0.4) is 0 Å². The first kappa shape index (κ1) is 14.7. The third-order valence-corrected chi connectivity index (χ3v) is 2.76. The van der Waals surface area contributed by atoms with Crippen molar-refractivity contribution < 1.29 is 4.79 Å². The Bertz CT molecular complexity index is 369. The molecular weight excluding hydrogens is 222 g/mol. The molecule has 0 aliphatic rings. The number of rotatable bonds is 5. The van der Waals surface area contributed by atoms with Crippen molar-refractivity contribution in [2.75, 3.05) is 13.1 Å². The van der Waals surface area contributed by atoms with Gasteiger partial charge in [0.05, 0.1) is 0 Å². The molecule has 0 saturated carbocycles. The number of nitrogens with zero attached hydrogens (tertiary/aromatic N) is 1. The lowest BCUT2D eigenvalue weighted by Crippen LogP contribution is -2.37. The fourth-order valence-corrected chi connectivity index (χ4v) is 2.00. The van der Waals surface area contributed by atoms with Gasteiger partial charge in [0.25, 0.3) is 5.91 Å². The standard InChI is InChI=1S/C16H25NO/c1-12(2)10-17(11-13(3)4)16(18)15-8-6-14(5)7-9-15/h6-9,12-13H,10-11H2,1-5H3. The molecule has 0 N–H and O–H groups in total. The second-order valence-electron chi connectivity index (χ2n) is 5.86. The number of amides is 1. The van der Waals surface area contributed by atoms with E-state index in [0.717, 1.165) is 18.7 Å². The molecule has 0 aromatic heterocycles. The smallest absolute Gasteiger partial charge is 0.253 e. The molecule has 2 nitrogen and oxygen atoms in total. The van der Waals surface area contributed by atoms with E-state index in [1.54, 1.807) is 0 Å². The van der Waals surface area contributed by atoms with Crippen molar-refractivity contribution >= 4 is 5.91 Å². The van der Waals surface area contributed by atoms with Crippen LogP contribution in [0.4, 0.5) is 0 Å². The Balaban J connectivity index is 2.83. The number of aryl methyl sites for hydroxylation is 1. The third-order valence-electron chi connectivity index (χ3n) is 2.76. The SMILES string of the molecule is Cc1ccc(C(=O)N(CC(C)C)CC(C)C)cc1. The van der Waals surface area contributed by atoms with Gasteiger partial charge in [0, 0.05) is 18.7 Å². The molecule has 0 aliphatic carbocycles. The highest BCUT2D eigenvalue weighted by Gasteiger charge is 2.17. The van der Waals surface area contributed by atoms with Crippen LogP contribution in [0.1, 0.15) is 43.6 Å². The van der Waals surface area contributed by atoms with Gasteiger partial charge in [-0.05, 0) is 30.9 Å². The average Bonchev–Trinajstić information content (AvgIpc) is 2.27. The molecule has 0 spiro atoms. The monoisotopic (exact) mass is 247 g/mol. The van der Waals surface area contributed by atoms with Crippen molar-refractivity contribution in [1.29, 1.82) is 0 Å². The first-order valence-corrected chi connectivity index (χ1v) is 6.76. The molecule has 0 heterocycles. The molecule has 0 atom stereocenters. The maximum Gasteiger partial charge on any atom is 0.253 e. The average molecular weight is 247 g/mol. The van der Waals surface area contributed by atoms with Gasteiger partial charge in [-0.2, -0.15) is 0 Å². The summed E-state index contributed by atoms with van der Waals surface area (Å²) in [5.74, 6) is 1.15. The molecule has 1 aromatic carbocycles. The van der Waals surface area contributed by atoms with Crippen molar-refractivity contribution in [1.82, 2.24) is 4.90 Å². The van der Waals surface area contributed by atoms with Gasteiger partial charge in [0.1, 0.15) is 0 Å². The molecule has 0 bridgehead atoms. The normalized spacial score (nSPS) is 11.1. The summed E-state index contributed by atoms with van der Waals surface area (Å²) in [5, 5.41) is 0. The third kappa shape index (κ3) is 4.52. The van der Waals surface area contributed by atoms with Crippen molar-refractivity contribution in [3.8, 4) is 0 Å². The van der Waals surface area contributed by atoms with Crippen LogP contribution >= 0.6 is 0 Å². The summed E-state index contributed by atoms with van der Waals surface area (Å²) in [6, 6.07) is 7.84. The molecule has 0 aliphatic heterocycles. The second kappa shape index (κ2) is 6.58. The van der Waals surface area contributed by atoms with Gasteiger partial charge in [0.15, 0.2) is 0 Å². The Kier molecular flexibility index (Phi) is 5.39. The number of benzene rings is 1. The molecule has 1 rings (SSSR count). The van der Waals surface area contributed by atoms with E-state index in [-0.39, 0.29) is 5.91 Å². The molecule has 100 valence electrons. The number of carbonyl (C=O) groups excluding carboxylic acids is 1. The van der Waals surface area contributed by atoms with Gasteiger partial charge in [-0.15, -0.1) is 0 Å². The summed E-state index contributed by atoms with van der Waals surface area (Å²) in [5.41, 5.74) is 1.98. The highest BCUT2D eigenvalue weighted by molar-refractivity contribution is 5.94. The predicted octanol–water partition coefficient (Wildman–Crippen LogP) is 3.75. The number of hydrogen-bond donors (Lipinski definition) is 0. The van der Waals surface area contributed by atoms with Crippen LogP contribution in [-0.2, 0) is 0 Å². The first-order valence-electron chi connectivity index (χ1n) is 6.76. The van der Waals surface area contributed by atoms with Crippen molar-refractivity contribution in [3.63, 3.8) is 0 Å². The molecule has 0 saturated heterocycles. The molecule has 0 fully saturated rings. The summed E-state index contributed by atoms with van der Waals surface area (Å²) >= 11 is 0. The molecule has 2 heteroatoms. The summed E-state index contributed by atoms with van der Waals surface area (Å²) in [6.45, 7) is 12.3. The molecule has 0 radical (unpaired) electrons. The minimum absolute atomic E-state index is 0.150. The summed E-state index contributed by atoms with van der Waals surface area (Å²) in [6.07, 6.45) is 0. The van der Waals surface area contributed by atoms with E-state index in [1.165, 1.54) is 5.56 Å². The van der Waals surface area contributed by atoms with Crippen LogP contribution in [-0.4, -0.2) is 23.9 Å². The van der Waals surface area contributed by atoms with Crippen LogP contribution in [0.5, 0.6) is 0 Å².